The van der Waals surface area contributed by atoms with Crippen LogP contribution in [0, 0.1) is 5.82 Å². The van der Waals surface area contributed by atoms with Gasteiger partial charge < -0.3 is 0 Å². The number of nitrogens with one attached hydrogen (secondary N) is 2. The van der Waals surface area contributed by atoms with Gasteiger partial charge in [-0.25, -0.2) is 30.7 Å². The Balaban J connectivity index is 1.97. The molecule has 26 heavy (non-hydrogen) atoms. The molecule has 2 aromatic carbocycles. The van der Waals surface area contributed by atoms with Crippen molar-refractivity contribution in [3.05, 3.63) is 59.9 Å². The van der Waals surface area contributed by atoms with Crippen LogP contribution in [0.1, 0.15) is 19.4 Å². The first-order chi connectivity index (χ1) is 12.1. The Morgan fingerprint density at radius 2 is 1.35 bits per heavy atom. The average Bonchev–Trinajstić information content (AvgIpc) is 2.54. The fourth-order valence-corrected chi connectivity index (χ4v) is 4.52. The van der Waals surface area contributed by atoms with Crippen molar-refractivity contribution >= 4 is 20.0 Å². The number of sulfonamides is 2. The molecule has 9 heteroatoms. The van der Waals surface area contributed by atoms with Gasteiger partial charge in [0.05, 0.1) is 9.79 Å². The molecule has 0 unspecified atom stereocenters. The van der Waals surface area contributed by atoms with Gasteiger partial charge in [-0.15, -0.1) is 0 Å². The zero-order chi connectivity index (χ0) is 19.4. The Kier molecular flexibility index (Phi) is 6.51. The van der Waals surface area contributed by atoms with Crippen LogP contribution in [0.25, 0.3) is 0 Å². The van der Waals surface area contributed by atoms with E-state index in [4.69, 9.17) is 0 Å². The Hall–Kier alpha value is -1.81. The maximum Gasteiger partial charge on any atom is 0.240 e. The van der Waals surface area contributed by atoms with Crippen molar-refractivity contribution in [2.45, 2.75) is 36.1 Å². The van der Waals surface area contributed by atoms with Crippen LogP contribution in [0.5, 0.6) is 0 Å². The molecule has 0 aromatic heterocycles. The summed E-state index contributed by atoms with van der Waals surface area (Å²) < 4.78 is 66.1. The van der Waals surface area contributed by atoms with Gasteiger partial charge in [0.25, 0.3) is 0 Å². The second-order valence-electron chi connectivity index (χ2n) is 6.02. The van der Waals surface area contributed by atoms with Crippen LogP contribution in [-0.4, -0.2) is 29.4 Å². The van der Waals surface area contributed by atoms with Gasteiger partial charge in [-0.05, 0) is 62.2 Å². The van der Waals surface area contributed by atoms with Gasteiger partial charge in [-0.1, -0.05) is 12.1 Å². The summed E-state index contributed by atoms with van der Waals surface area (Å²) >= 11 is 0. The molecule has 0 aliphatic heterocycles. The van der Waals surface area contributed by atoms with Crippen molar-refractivity contribution in [1.29, 1.82) is 0 Å². The number of rotatable bonds is 8. The molecular weight excluding hydrogens is 379 g/mol. The second-order valence-corrected chi connectivity index (χ2v) is 9.50. The fourth-order valence-electron chi connectivity index (χ4n) is 2.24. The lowest BCUT2D eigenvalue weighted by atomic mass is 10.2. The second kappa shape index (κ2) is 8.26. The maximum atomic E-state index is 12.9. The molecule has 0 amide bonds. The van der Waals surface area contributed by atoms with Crippen LogP contribution >= 0.6 is 0 Å². The molecule has 0 bridgehead atoms. The first-order valence-corrected chi connectivity index (χ1v) is 10.9. The fraction of sp³-hybridized carbons (Fsp3) is 0.294. The molecule has 2 rings (SSSR count). The molecule has 0 fully saturated rings. The number of hydrogen-bond acceptors (Lipinski definition) is 4. The normalized spacial score (nSPS) is 12.5. The monoisotopic (exact) mass is 400 g/mol. The van der Waals surface area contributed by atoms with E-state index >= 15 is 0 Å². The number of hydrogen-bond donors (Lipinski definition) is 2. The summed E-state index contributed by atoms with van der Waals surface area (Å²) in [5.74, 6) is -0.508. The Bertz CT molecular complexity index is 939. The van der Waals surface area contributed by atoms with Gasteiger partial charge in [-0.2, -0.15) is 0 Å². The molecule has 0 heterocycles. The van der Waals surface area contributed by atoms with Crippen molar-refractivity contribution in [2.24, 2.45) is 0 Å². The molecule has 0 saturated heterocycles. The molecule has 0 saturated carbocycles. The van der Waals surface area contributed by atoms with E-state index in [2.05, 4.69) is 9.44 Å². The Labute approximate surface area is 153 Å². The molecule has 0 spiro atoms. The van der Waals surface area contributed by atoms with Crippen molar-refractivity contribution in [3.8, 4) is 0 Å². The minimum absolute atomic E-state index is 0.0138. The van der Waals surface area contributed by atoms with Gasteiger partial charge in [0.1, 0.15) is 5.82 Å². The lowest BCUT2D eigenvalue weighted by Crippen LogP contribution is -2.30. The summed E-state index contributed by atoms with van der Waals surface area (Å²) in [6.45, 7) is 3.61. The smallest absolute Gasteiger partial charge is 0.211 e. The maximum absolute atomic E-state index is 12.9. The summed E-state index contributed by atoms with van der Waals surface area (Å²) in [4.78, 5) is 0.141. The summed E-state index contributed by atoms with van der Waals surface area (Å²) in [6.07, 6.45) is 0.387. The molecule has 2 N–H and O–H groups in total. The molecule has 0 radical (unpaired) electrons. The zero-order valence-electron chi connectivity index (χ0n) is 14.4. The number of halogens is 1. The summed E-state index contributed by atoms with van der Waals surface area (Å²) in [5.41, 5.74) is 0.787. The lowest BCUT2D eigenvalue weighted by molar-refractivity contribution is 0.569. The van der Waals surface area contributed by atoms with Crippen molar-refractivity contribution in [3.63, 3.8) is 0 Å². The molecule has 0 atom stereocenters. The van der Waals surface area contributed by atoms with E-state index in [1.807, 2.05) is 0 Å². The van der Waals surface area contributed by atoms with E-state index in [1.165, 1.54) is 24.3 Å². The number of benzene rings is 2. The highest BCUT2D eigenvalue weighted by Crippen LogP contribution is 2.12. The Morgan fingerprint density at radius 1 is 0.846 bits per heavy atom. The summed E-state index contributed by atoms with van der Waals surface area (Å²) in [7, 11) is -7.27. The lowest BCUT2D eigenvalue weighted by Gasteiger charge is -2.10. The summed E-state index contributed by atoms with van der Waals surface area (Å²) in [5, 5.41) is 0. The van der Waals surface area contributed by atoms with E-state index in [1.54, 1.807) is 26.0 Å². The largest absolute Gasteiger partial charge is 0.240 e. The zero-order valence-corrected chi connectivity index (χ0v) is 16.1. The van der Waals surface area contributed by atoms with E-state index in [9.17, 15) is 21.2 Å². The molecule has 2 aromatic rings. The van der Waals surface area contributed by atoms with Gasteiger partial charge in [-0.3, -0.25) is 0 Å². The standard InChI is InChI=1S/C17H21FN2O4S2/c1-13(2)20-26(23,24)17-7-3-14(4-8-17)11-12-19-25(21,22)16-9-5-15(18)6-10-16/h3-10,13,19-20H,11-12H2,1-2H3. The van der Waals surface area contributed by atoms with Crippen LogP contribution in [0.3, 0.4) is 0 Å². The molecule has 6 nitrogen and oxygen atoms in total. The third-order valence-corrected chi connectivity index (χ3v) is 6.61. The topological polar surface area (TPSA) is 92.3 Å². The van der Waals surface area contributed by atoms with Crippen molar-refractivity contribution < 1.29 is 21.2 Å². The first kappa shape index (κ1) is 20.5. The van der Waals surface area contributed by atoms with Gasteiger partial charge in [0, 0.05) is 12.6 Å². The SMILES string of the molecule is CC(C)NS(=O)(=O)c1ccc(CCNS(=O)(=O)c2ccc(F)cc2)cc1. The van der Waals surface area contributed by atoms with E-state index in [-0.39, 0.29) is 22.4 Å². The third kappa shape index (κ3) is 5.60. The van der Waals surface area contributed by atoms with Crippen molar-refractivity contribution in [1.82, 2.24) is 9.44 Å². The quantitative estimate of drug-likeness (QED) is 0.709. The Morgan fingerprint density at radius 3 is 1.88 bits per heavy atom. The minimum atomic E-state index is -3.71. The van der Waals surface area contributed by atoms with Crippen LogP contribution < -0.4 is 9.44 Å². The van der Waals surface area contributed by atoms with Crippen LogP contribution in [0.2, 0.25) is 0 Å². The van der Waals surface area contributed by atoms with E-state index < -0.39 is 25.9 Å². The molecule has 0 aliphatic rings. The van der Waals surface area contributed by atoms with Crippen molar-refractivity contribution in [2.75, 3.05) is 6.54 Å². The van der Waals surface area contributed by atoms with Gasteiger partial charge in [0.15, 0.2) is 0 Å². The predicted molar refractivity (Wildman–Crippen MR) is 97.2 cm³/mol. The first-order valence-electron chi connectivity index (χ1n) is 7.97. The van der Waals surface area contributed by atoms with Crippen LogP contribution in [0.4, 0.5) is 4.39 Å². The predicted octanol–water partition coefficient (Wildman–Crippen LogP) is 2.03. The van der Waals surface area contributed by atoms with E-state index in [0.717, 1.165) is 17.7 Å². The highest BCUT2D eigenvalue weighted by molar-refractivity contribution is 7.89. The van der Waals surface area contributed by atoms with Crippen LogP contribution in [-0.2, 0) is 26.5 Å². The van der Waals surface area contributed by atoms with Crippen LogP contribution in [0.15, 0.2) is 58.3 Å². The van der Waals surface area contributed by atoms with Gasteiger partial charge >= 0.3 is 0 Å². The summed E-state index contributed by atoms with van der Waals surface area (Å²) in [6, 6.07) is 10.6. The average molecular weight is 400 g/mol. The highest BCUT2D eigenvalue weighted by atomic mass is 32.2. The molecule has 0 aliphatic carbocycles. The van der Waals surface area contributed by atoms with Gasteiger partial charge in [0.2, 0.25) is 20.0 Å². The highest BCUT2D eigenvalue weighted by Gasteiger charge is 2.15. The minimum Gasteiger partial charge on any atom is -0.211 e. The van der Waals surface area contributed by atoms with E-state index in [0.29, 0.717) is 6.42 Å². The molecular formula is C17H21FN2O4S2. The third-order valence-electron chi connectivity index (χ3n) is 3.45. The molecule has 142 valence electrons.